The van der Waals surface area contributed by atoms with Crippen molar-refractivity contribution >= 4 is 5.91 Å². The van der Waals surface area contributed by atoms with E-state index >= 15 is 0 Å². The highest BCUT2D eigenvalue weighted by atomic mass is 16.7. The Labute approximate surface area is 160 Å². The van der Waals surface area contributed by atoms with E-state index in [0.717, 1.165) is 28.4 Å². The number of fused-ring (bicyclic) bond motifs is 1. The fourth-order valence-corrected chi connectivity index (χ4v) is 3.08. The van der Waals surface area contributed by atoms with Crippen molar-refractivity contribution in [3.63, 3.8) is 0 Å². The first-order valence-corrected chi connectivity index (χ1v) is 9.02. The molecule has 0 aliphatic carbocycles. The molecule has 144 valence electrons. The summed E-state index contributed by atoms with van der Waals surface area (Å²) < 4.78 is 15.9. The van der Waals surface area contributed by atoms with Crippen LogP contribution in [0.1, 0.15) is 23.6 Å². The Morgan fingerprint density at radius 2 is 1.89 bits per heavy atom. The van der Waals surface area contributed by atoms with E-state index < -0.39 is 0 Å². The van der Waals surface area contributed by atoms with Crippen LogP contribution in [-0.4, -0.2) is 45.3 Å². The Morgan fingerprint density at radius 1 is 1.15 bits per heavy atom. The fourth-order valence-electron chi connectivity index (χ4n) is 3.08. The van der Waals surface area contributed by atoms with Gasteiger partial charge in [-0.15, -0.1) is 0 Å². The summed E-state index contributed by atoms with van der Waals surface area (Å²) in [5.41, 5.74) is 2.20. The smallest absolute Gasteiger partial charge is 0.231 e. The van der Waals surface area contributed by atoms with Gasteiger partial charge >= 0.3 is 0 Å². The van der Waals surface area contributed by atoms with E-state index in [1.165, 1.54) is 0 Å². The topological polar surface area (TPSA) is 60.0 Å². The largest absolute Gasteiger partial charge is 0.497 e. The molecule has 1 heterocycles. The number of carbonyl (C=O) groups excluding carboxylic acids is 1. The Balaban J connectivity index is 1.51. The molecule has 0 saturated carbocycles. The quantitative estimate of drug-likeness (QED) is 0.774. The van der Waals surface area contributed by atoms with E-state index in [1.54, 1.807) is 7.11 Å². The summed E-state index contributed by atoms with van der Waals surface area (Å²) in [5, 5.41) is 3.05. The Hall–Kier alpha value is -2.73. The van der Waals surface area contributed by atoms with Crippen LogP contribution in [0.3, 0.4) is 0 Å². The minimum atomic E-state index is 0.0352. The van der Waals surface area contributed by atoms with Crippen LogP contribution in [0, 0.1) is 0 Å². The fraction of sp³-hybridized carbons (Fsp3) is 0.381. The molecule has 0 spiro atoms. The summed E-state index contributed by atoms with van der Waals surface area (Å²) >= 11 is 0. The lowest BCUT2D eigenvalue weighted by Gasteiger charge is -2.25. The molecule has 1 aliphatic heterocycles. The average Bonchev–Trinajstić information content (AvgIpc) is 3.14. The molecule has 27 heavy (non-hydrogen) atoms. The number of aryl methyl sites for hydroxylation is 1. The molecule has 0 unspecified atom stereocenters. The number of benzene rings is 2. The van der Waals surface area contributed by atoms with E-state index in [0.29, 0.717) is 19.4 Å². The highest BCUT2D eigenvalue weighted by molar-refractivity contribution is 5.76. The number of likely N-dealkylation sites (N-methyl/N-ethyl adjacent to an activating group) is 1. The van der Waals surface area contributed by atoms with Gasteiger partial charge in [-0.2, -0.15) is 0 Å². The molecule has 1 N–H and O–H groups in total. The van der Waals surface area contributed by atoms with E-state index in [2.05, 4.69) is 10.2 Å². The van der Waals surface area contributed by atoms with Gasteiger partial charge in [0.25, 0.3) is 0 Å². The van der Waals surface area contributed by atoms with Crippen molar-refractivity contribution in [2.75, 3.05) is 34.5 Å². The van der Waals surface area contributed by atoms with E-state index in [-0.39, 0.29) is 18.7 Å². The first-order valence-electron chi connectivity index (χ1n) is 9.02. The average molecular weight is 370 g/mol. The summed E-state index contributed by atoms with van der Waals surface area (Å²) in [5.74, 6) is 2.37. The molecule has 1 atom stereocenters. The molecular weight excluding hydrogens is 344 g/mol. The molecule has 0 bridgehead atoms. The summed E-state index contributed by atoms with van der Waals surface area (Å²) in [4.78, 5) is 14.4. The van der Waals surface area contributed by atoms with Gasteiger partial charge in [-0.25, -0.2) is 0 Å². The molecule has 1 aliphatic rings. The van der Waals surface area contributed by atoms with E-state index in [4.69, 9.17) is 14.2 Å². The number of methoxy groups -OCH3 is 1. The number of hydrogen-bond donors (Lipinski definition) is 1. The lowest BCUT2D eigenvalue weighted by molar-refractivity contribution is -0.121. The van der Waals surface area contributed by atoms with Gasteiger partial charge in [-0.05, 0) is 55.9 Å². The SMILES string of the molecule is COc1ccc([C@H](CNC(=O)CCc2ccc3c(c2)OCO3)N(C)C)cc1. The second-order valence-electron chi connectivity index (χ2n) is 6.74. The Morgan fingerprint density at radius 3 is 2.59 bits per heavy atom. The normalized spacial score (nSPS) is 13.5. The molecule has 6 nitrogen and oxygen atoms in total. The number of nitrogens with zero attached hydrogens (tertiary/aromatic N) is 1. The standard InChI is InChI=1S/C21H26N2O4/c1-23(2)18(16-6-8-17(25-3)9-7-16)13-22-21(24)11-5-15-4-10-19-20(12-15)27-14-26-19/h4,6-10,12,18H,5,11,13-14H2,1-3H3,(H,22,24)/t18-/m0/s1. The number of hydrogen-bond acceptors (Lipinski definition) is 5. The van der Waals surface area contributed by atoms with Gasteiger partial charge in [-0.3, -0.25) is 4.79 Å². The Bertz CT molecular complexity index is 774. The van der Waals surface area contributed by atoms with Crippen molar-refractivity contribution < 1.29 is 19.0 Å². The van der Waals surface area contributed by atoms with Crippen LogP contribution in [0.4, 0.5) is 0 Å². The summed E-state index contributed by atoms with van der Waals surface area (Å²) in [7, 11) is 5.67. The first kappa shape index (κ1) is 19.0. The molecule has 2 aromatic carbocycles. The molecular formula is C21H26N2O4. The van der Waals surface area contributed by atoms with Crippen molar-refractivity contribution in [2.45, 2.75) is 18.9 Å². The molecule has 2 aromatic rings. The van der Waals surface area contributed by atoms with Crippen LogP contribution >= 0.6 is 0 Å². The highest BCUT2D eigenvalue weighted by Crippen LogP contribution is 2.32. The van der Waals surface area contributed by atoms with Gasteiger partial charge in [0.2, 0.25) is 12.7 Å². The van der Waals surface area contributed by atoms with E-state index in [1.807, 2.05) is 56.6 Å². The van der Waals surface area contributed by atoms with Crippen LogP contribution in [0.25, 0.3) is 0 Å². The predicted molar refractivity (Wildman–Crippen MR) is 103 cm³/mol. The minimum absolute atomic E-state index is 0.0352. The number of rotatable bonds is 8. The monoisotopic (exact) mass is 370 g/mol. The predicted octanol–water partition coefficient (Wildman–Crippen LogP) is 2.78. The van der Waals surface area contributed by atoms with Gasteiger partial charge in [0.05, 0.1) is 13.2 Å². The first-order chi connectivity index (χ1) is 13.1. The van der Waals surface area contributed by atoms with Crippen LogP contribution in [-0.2, 0) is 11.2 Å². The van der Waals surface area contributed by atoms with Crippen molar-refractivity contribution in [1.82, 2.24) is 10.2 Å². The third-order valence-corrected chi connectivity index (χ3v) is 4.69. The summed E-state index contributed by atoms with van der Waals surface area (Å²) in [6.45, 7) is 0.815. The maximum absolute atomic E-state index is 12.3. The van der Waals surface area contributed by atoms with Crippen LogP contribution < -0.4 is 19.5 Å². The van der Waals surface area contributed by atoms with Gasteiger partial charge in [0.1, 0.15) is 5.75 Å². The molecule has 1 amide bonds. The van der Waals surface area contributed by atoms with Gasteiger partial charge in [0.15, 0.2) is 11.5 Å². The second kappa shape index (κ2) is 8.77. The van der Waals surface area contributed by atoms with E-state index in [9.17, 15) is 4.79 Å². The van der Waals surface area contributed by atoms with Crippen LogP contribution in [0.15, 0.2) is 42.5 Å². The van der Waals surface area contributed by atoms with Gasteiger partial charge in [-0.1, -0.05) is 18.2 Å². The zero-order valence-corrected chi connectivity index (χ0v) is 16.0. The molecule has 0 radical (unpaired) electrons. The van der Waals surface area contributed by atoms with Crippen molar-refractivity contribution in [3.8, 4) is 17.2 Å². The van der Waals surface area contributed by atoms with Crippen molar-refractivity contribution in [3.05, 3.63) is 53.6 Å². The maximum Gasteiger partial charge on any atom is 0.231 e. The lowest BCUT2D eigenvalue weighted by atomic mass is 10.1. The second-order valence-corrected chi connectivity index (χ2v) is 6.74. The molecule has 0 aromatic heterocycles. The van der Waals surface area contributed by atoms with Crippen molar-refractivity contribution in [1.29, 1.82) is 0 Å². The lowest BCUT2D eigenvalue weighted by Crippen LogP contribution is -2.34. The number of amides is 1. The Kier molecular flexibility index (Phi) is 6.19. The number of carbonyl (C=O) groups is 1. The molecule has 0 fully saturated rings. The van der Waals surface area contributed by atoms with Crippen LogP contribution in [0.5, 0.6) is 17.2 Å². The third-order valence-electron chi connectivity index (χ3n) is 4.69. The summed E-state index contributed by atoms with van der Waals surface area (Å²) in [6.07, 6.45) is 1.10. The zero-order valence-electron chi connectivity index (χ0n) is 16.0. The number of ether oxygens (including phenoxy) is 3. The molecule has 3 rings (SSSR count). The van der Waals surface area contributed by atoms with Gasteiger partial charge in [0, 0.05) is 13.0 Å². The third kappa shape index (κ3) is 4.92. The van der Waals surface area contributed by atoms with Gasteiger partial charge < -0.3 is 24.4 Å². The van der Waals surface area contributed by atoms with Crippen LogP contribution in [0.2, 0.25) is 0 Å². The highest BCUT2D eigenvalue weighted by Gasteiger charge is 2.16. The summed E-state index contributed by atoms with van der Waals surface area (Å²) in [6, 6.07) is 13.8. The van der Waals surface area contributed by atoms with Crippen molar-refractivity contribution in [2.24, 2.45) is 0 Å². The molecule has 6 heteroatoms. The maximum atomic E-state index is 12.3. The minimum Gasteiger partial charge on any atom is -0.497 e. The molecule has 0 saturated heterocycles. The number of nitrogens with one attached hydrogen (secondary N) is 1. The zero-order chi connectivity index (χ0) is 19.2.